The first-order valence-electron chi connectivity index (χ1n) is 5.77. The van der Waals surface area contributed by atoms with Gasteiger partial charge in [0.25, 0.3) is 5.91 Å². The van der Waals surface area contributed by atoms with Crippen LogP contribution in [0.4, 0.5) is 11.4 Å². The van der Waals surface area contributed by atoms with Crippen LogP contribution in [-0.2, 0) is 10.0 Å². The number of anilines is 2. The fraction of sp³-hybridized carbons (Fsp3) is 0. The predicted molar refractivity (Wildman–Crippen MR) is 81.6 cm³/mol. The molecular formula is C13H12ClN3O3S. The summed E-state index contributed by atoms with van der Waals surface area (Å²) in [5.41, 5.74) is 6.33. The minimum atomic E-state index is -3.84. The molecule has 0 aromatic heterocycles. The Balaban J connectivity index is 2.33. The van der Waals surface area contributed by atoms with Crippen molar-refractivity contribution in [3.63, 3.8) is 0 Å². The smallest absolute Gasteiger partial charge is 0.259 e. The van der Waals surface area contributed by atoms with Gasteiger partial charge in [-0.3, -0.25) is 4.79 Å². The molecule has 5 N–H and O–H groups in total. The van der Waals surface area contributed by atoms with Gasteiger partial charge in [0, 0.05) is 11.4 Å². The van der Waals surface area contributed by atoms with Gasteiger partial charge in [-0.15, -0.1) is 0 Å². The molecule has 110 valence electrons. The lowest BCUT2D eigenvalue weighted by Crippen LogP contribution is -2.16. The highest BCUT2D eigenvalue weighted by Gasteiger charge is 2.15. The van der Waals surface area contributed by atoms with E-state index in [9.17, 15) is 13.2 Å². The van der Waals surface area contributed by atoms with Gasteiger partial charge in [0.1, 0.15) is 0 Å². The van der Waals surface area contributed by atoms with Crippen LogP contribution in [0.15, 0.2) is 47.4 Å². The Kier molecular flexibility index (Phi) is 4.17. The maximum absolute atomic E-state index is 12.2. The lowest BCUT2D eigenvalue weighted by Gasteiger charge is -2.09. The molecule has 1 amide bonds. The highest BCUT2D eigenvalue weighted by atomic mass is 35.5. The van der Waals surface area contributed by atoms with Crippen LogP contribution in [0, 0.1) is 0 Å². The second-order valence-corrected chi connectivity index (χ2v) is 6.20. The summed E-state index contributed by atoms with van der Waals surface area (Å²) in [6.45, 7) is 0. The van der Waals surface area contributed by atoms with E-state index >= 15 is 0 Å². The molecule has 0 aliphatic rings. The van der Waals surface area contributed by atoms with Gasteiger partial charge in [0.2, 0.25) is 10.0 Å². The number of halogens is 1. The summed E-state index contributed by atoms with van der Waals surface area (Å²) >= 11 is 5.94. The van der Waals surface area contributed by atoms with Gasteiger partial charge < -0.3 is 11.1 Å². The minimum Gasteiger partial charge on any atom is -0.398 e. The Morgan fingerprint density at radius 1 is 1.14 bits per heavy atom. The molecule has 6 nitrogen and oxygen atoms in total. The molecule has 8 heteroatoms. The number of hydrogen-bond acceptors (Lipinski definition) is 4. The third-order valence-corrected chi connectivity index (χ3v) is 3.92. The molecule has 0 spiro atoms. The van der Waals surface area contributed by atoms with Crippen LogP contribution in [0.3, 0.4) is 0 Å². The van der Waals surface area contributed by atoms with Gasteiger partial charge in [0.05, 0.1) is 15.5 Å². The van der Waals surface area contributed by atoms with E-state index in [1.165, 1.54) is 30.3 Å². The normalized spacial score (nSPS) is 11.1. The summed E-state index contributed by atoms with van der Waals surface area (Å²) in [5, 5.41) is 7.77. The zero-order valence-electron chi connectivity index (χ0n) is 10.7. The Morgan fingerprint density at radius 2 is 1.81 bits per heavy atom. The number of benzene rings is 2. The minimum absolute atomic E-state index is 0.104. The average molecular weight is 326 g/mol. The number of nitrogen functional groups attached to an aromatic ring is 1. The zero-order chi connectivity index (χ0) is 15.6. The van der Waals surface area contributed by atoms with Crippen LogP contribution in [0.2, 0.25) is 5.02 Å². The van der Waals surface area contributed by atoms with Gasteiger partial charge >= 0.3 is 0 Å². The topological polar surface area (TPSA) is 115 Å². The molecule has 2 aromatic carbocycles. The van der Waals surface area contributed by atoms with Crippen molar-refractivity contribution in [2.75, 3.05) is 11.1 Å². The summed E-state index contributed by atoms with van der Waals surface area (Å²) in [4.78, 5) is 12.1. The molecule has 0 fully saturated rings. The van der Waals surface area contributed by atoms with Crippen LogP contribution < -0.4 is 16.2 Å². The number of rotatable bonds is 3. The lowest BCUT2D eigenvalue weighted by molar-refractivity contribution is 0.102. The zero-order valence-corrected chi connectivity index (χ0v) is 12.3. The Bertz CT molecular complexity index is 786. The number of sulfonamides is 1. The first-order chi connectivity index (χ1) is 9.79. The molecule has 21 heavy (non-hydrogen) atoms. The molecule has 2 aromatic rings. The number of nitrogens with two attached hydrogens (primary N) is 2. The quantitative estimate of drug-likeness (QED) is 0.746. The van der Waals surface area contributed by atoms with Crippen LogP contribution >= 0.6 is 11.6 Å². The van der Waals surface area contributed by atoms with Crippen LogP contribution in [0.1, 0.15) is 10.4 Å². The highest BCUT2D eigenvalue weighted by molar-refractivity contribution is 7.89. The largest absolute Gasteiger partial charge is 0.398 e. The Morgan fingerprint density at radius 3 is 2.43 bits per heavy atom. The molecule has 0 saturated heterocycles. The molecule has 0 aliphatic carbocycles. The van der Waals surface area contributed by atoms with Crippen molar-refractivity contribution in [2.45, 2.75) is 4.90 Å². The number of hydrogen-bond donors (Lipinski definition) is 3. The summed E-state index contributed by atoms with van der Waals surface area (Å²) < 4.78 is 22.5. The third kappa shape index (κ3) is 3.52. The summed E-state index contributed by atoms with van der Waals surface area (Å²) in [5.74, 6) is -0.537. The van der Waals surface area contributed by atoms with Gasteiger partial charge in [-0.25, -0.2) is 13.6 Å². The van der Waals surface area contributed by atoms with Crippen molar-refractivity contribution in [1.29, 1.82) is 0 Å². The standard InChI is InChI=1S/C13H12ClN3O3S/c14-10-5-2-6-11(15)12(10)13(18)17-8-3-1-4-9(7-8)21(16,19)20/h1-7H,15H2,(H,17,18)(H2,16,19,20). The van der Waals surface area contributed by atoms with Gasteiger partial charge in [-0.2, -0.15) is 0 Å². The van der Waals surface area contributed by atoms with E-state index in [2.05, 4.69) is 5.32 Å². The fourth-order valence-corrected chi connectivity index (χ4v) is 2.55. The summed E-state index contributed by atoms with van der Waals surface area (Å²) in [6, 6.07) is 10.3. The second-order valence-electron chi connectivity index (χ2n) is 4.23. The molecule has 0 heterocycles. The van der Waals surface area contributed by atoms with Gasteiger partial charge in [-0.1, -0.05) is 23.7 Å². The van der Waals surface area contributed by atoms with Crippen molar-refractivity contribution in [3.05, 3.63) is 53.1 Å². The molecule has 0 bridgehead atoms. The first-order valence-corrected chi connectivity index (χ1v) is 7.69. The summed E-state index contributed by atoms with van der Waals surface area (Å²) in [6.07, 6.45) is 0. The van der Waals surface area contributed by atoms with Crippen molar-refractivity contribution < 1.29 is 13.2 Å². The number of amides is 1. The van der Waals surface area contributed by atoms with E-state index < -0.39 is 15.9 Å². The van der Waals surface area contributed by atoms with E-state index in [-0.39, 0.29) is 26.9 Å². The predicted octanol–water partition coefficient (Wildman–Crippen LogP) is 1.82. The van der Waals surface area contributed by atoms with E-state index in [0.29, 0.717) is 0 Å². The number of nitrogens with one attached hydrogen (secondary N) is 1. The van der Waals surface area contributed by atoms with Crippen molar-refractivity contribution in [2.24, 2.45) is 5.14 Å². The molecular weight excluding hydrogens is 314 g/mol. The fourth-order valence-electron chi connectivity index (χ4n) is 1.72. The van der Waals surface area contributed by atoms with E-state index in [0.717, 1.165) is 0 Å². The highest BCUT2D eigenvalue weighted by Crippen LogP contribution is 2.23. The van der Waals surface area contributed by atoms with Crippen molar-refractivity contribution in [3.8, 4) is 0 Å². The Hall–Kier alpha value is -2.09. The molecule has 0 saturated carbocycles. The molecule has 0 atom stereocenters. The maximum Gasteiger partial charge on any atom is 0.259 e. The van der Waals surface area contributed by atoms with E-state index in [1.807, 2.05) is 0 Å². The first kappa shape index (κ1) is 15.3. The molecule has 0 radical (unpaired) electrons. The monoisotopic (exact) mass is 325 g/mol. The van der Waals surface area contributed by atoms with E-state index in [4.69, 9.17) is 22.5 Å². The molecule has 0 unspecified atom stereocenters. The van der Waals surface area contributed by atoms with Crippen molar-refractivity contribution >= 4 is 38.9 Å². The van der Waals surface area contributed by atoms with Gasteiger partial charge in [-0.05, 0) is 30.3 Å². The lowest BCUT2D eigenvalue weighted by atomic mass is 10.1. The number of primary sulfonamides is 1. The van der Waals surface area contributed by atoms with Crippen LogP contribution in [-0.4, -0.2) is 14.3 Å². The van der Waals surface area contributed by atoms with Crippen LogP contribution in [0.5, 0.6) is 0 Å². The third-order valence-electron chi connectivity index (χ3n) is 2.69. The van der Waals surface area contributed by atoms with Crippen LogP contribution in [0.25, 0.3) is 0 Å². The Labute approximate surface area is 126 Å². The SMILES string of the molecule is Nc1cccc(Cl)c1C(=O)Nc1cccc(S(N)(=O)=O)c1. The van der Waals surface area contributed by atoms with E-state index in [1.54, 1.807) is 12.1 Å². The summed E-state index contributed by atoms with van der Waals surface area (Å²) in [7, 11) is -3.84. The number of carbonyl (C=O) groups is 1. The molecule has 0 aliphatic heterocycles. The molecule has 2 rings (SSSR count). The van der Waals surface area contributed by atoms with Gasteiger partial charge in [0.15, 0.2) is 0 Å². The van der Waals surface area contributed by atoms with Crippen molar-refractivity contribution in [1.82, 2.24) is 0 Å². The number of carbonyl (C=O) groups excluding carboxylic acids is 1. The average Bonchev–Trinajstić information content (AvgIpc) is 2.37. The maximum atomic E-state index is 12.2. The second kappa shape index (κ2) is 5.72.